The summed E-state index contributed by atoms with van der Waals surface area (Å²) in [5.74, 6) is -0.0398. The summed E-state index contributed by atoms with van der Waals surface area (Å²) < 4.78 is 12.1. The van der Waals surface area contributed by atoms with Crippen LogP contribution in [0.1, 0.15) is 50.9 Å². The molecule has 0 saturated carbocycles. The fourth-order valence-corrected chi connectivity index (χ4v) is 3.05. The minimum absolute atomic E-state index is 0. The number of benzene rings is 1. The standard InChI is InChI=1S/C18H27BN2O3.ClH/c1-17(2)18(3,4)24-19(23-17)14-8-5-7-13(11-14)16(22)21-15-9-6-10-20-12-15;/h5,7-8,11,15,20H,6,9-10,12H2,1-4H3,(H,21,22);1H. The Bertz CT molecular complexity index is 602. The Hall–Kier alpha value is -1.08. The van der Waals surface area contributed by atoms with Gasteiger partial charge in [0.1, 0.15) is 0 Å². The van der Waals surface area contributed by atoms with E-state index in [2.05, 4.69) is 10.6 Å². The van der Waals surface area contributed by atoms with Crippen molar-refractivity contribution in [2.75, 3.05) is 13.1 Å². The lowest BCUT2D eigenvalue weighted by Crippen LogP contribution is -2.45. The van der Waals surface area contributed by atoms with Crippen molar-refractivity contribution >= 4 is 30.9 Å². The van der Waals surface area contributed by atoms with Crippen LogP contribution >= 0.6 is 12.4 Å². The molecule has 0 spiro atoms. The van der Waals surface area contributed by atoms with Gasteiger partial charge in [0, 0.05) is 18.2 Å². The summed E-state index contributed by atoms with van der Waals surface area (Å²) in [5.41, 5.74) is 0.753. The Morgan fingerprint density at radius 1 is 1.24 bits per heavy atom. The first kappa shape index (κ1) is 20.2. The van der Waals surface area contributed by atoms with Crippen LogP contribution in [-0.2, 0) is 9.31 Å². The van der Waals surface area contributed by atoms with Crippen molar-refractivity contribution in [2.45, 2.75) is 57.8 Å². The van der Waals surface area contributed by atoms with Crippen molar-refractivity contribution in [1.29, 1.82) is 0 Å². The third-order valence-corrected chi connectivity index (χ3v) is 5.31. The van der Waals surface area contributed by atoms with E-state index in [9.17, 15) is 4.79 Å². The van der Waals surface area contributed by atoms with Gasteiger partial charge >= 0.3 is 7.12 Å². The summed E-state index contributed by atoms with van der Waals surface area (Å²) in [6.07, 6.45) is 2.12. The molecule has 5 nitrogen and oxygen atoms in total. The molecule has 2 N–H and O–H groups in total. The Morgan fingerprint density at radius 2 is 1.92 bits per heavy atom. The largest absolute Gasteiger partial charge is 0.494 e. The van der Waals surface area contributed by atoms with Crippen LogP contribution in [-0.4, -0.2) is 43.4 Å². The van der Waals surface area contributed by atoms with Gasteiger partial charge < -0.3 is 19.9 Å². The first-order chi connectivity index (χ1) is 11.3. The lowest BCUT2D eigenvalue weighted by Gasteiger charge is -2.32. The first-order valence-corrected chi connectivity index (χ1v) is 8.76. The van der Waals surface area contributed by atoms with Gasteiger partial charge in [-0.05, 0) is 64.7 Å². The molecule has 2 aliphatic heterocycles. The minimum atomic E-state index is -0.445. The third-order valence-electron chi connectivity index (χ3n) is 5.31. The molecule has 2 fully saturated rings. The Morgan fingerprint density at radius 3 is 2.52 bits per heavy atom. The van der Waals surface area contributed by atoms with Crippen LogP contribution in [0.5, 0.6) is 0 Å². The Labute approximate surface area is 156 Å². The SMILES string of the molecule is CC1(C)OB(c2cccc(C(=O)NC3CCCNC3)c2)OC1(C)C.Cl. The van der Waals surface area contributed by atoms with E-state index in [-0.39, 0.29) is 35.6 Å². The zero-order chi connectivity index (χ0) is 17.4. The monoisotopic (exact) mass is 366 g/mol. The molecule has 2 heterocycles. The molecule has 0 radical (unpaired) electrons. The summed E-state index contributed by atoms with van der Waals surface area (Å²) in [6, 6.07) is 7.73. The summed E-state index contributed by atoms with van der Waals surface area (Å²) in [4.78, 5) is 12.5. The smallest absolute Gasteiger partial charge is 0.399 e. The number of halogens is 1. The zero-order valence-electron chi connectivity index (χ0n) is 15.4. The van der Waals surface area contributed by atoms with Gasteiger partial charge in [-0.2, -0.15) is 0 Å². The molecule has 0 aromatic heterocycles. The van der Waals surface area contributed by atoms with E-state index in [0.717, 1.165) is 31.4 Å². The van der Waals surface area contributed by atoms with Gasteiger partial charge in [0.05, 0.1) is 11.2 Å². The highest BCUT2D eigenvalue weighted by molar-refractivity contribution is 6.62. The van der Waals surface area contributed by atoms with Crippen molar-refractivity contribution in [2.24, 2.45) is 0 Å². The van der Waals surface area contributed by atoms with E-state index >= 15 is 0 Å². The molecule has 2 aliphatic rings. The third kappa shape index (κ3) is 4.37. The second-order valence-electron chi connectivity index (χ2n) is 7.73. The van der Waals surface area contributed by atoms with Gasteiger partial charge in [0.25, 0.3) is 5.91 Å². The van der Waals surface area contributed by atoms with Gasteiger partial charge in [-0.15, -0.1) is 12.4 Å². The quantitative estimate of drug-likeness (QED) is 0.802. The van der Waals surface area contributed by atoms with Gasteiger partial charge in [-0.1, -0.05) is 12.1 Å². The second-order valence-corrected chi connectivity index (χ2v) is 7.73. The number of carbonyl (C=O) groups excluding carboxylic acids is 1. The van der Waals surface area contributed by atoms with E-state index in [1.54, 1.807) is 0 Å². The molecule has 25 heavy (non-hydrogen) atoms. The summed E-state index contributed by atoms with van der Waals surface area (Å²) >= 11 is 0. The summed E-state index contributed by atoms with van der Waals surface area (Å²) in [6.45, 7) is 9.98. The highest BCUT2D eigenvalue weighted by Gasteiger charge is 2.51. The average molecular weight is 367 g/mol. The van der Waals surface area contributed by atoms with Gasteiger partial charge in [-0.25, -0.2) is 0 Å². The maximum absolute atomic E-state index is 12.5. The number of hydrogen-bond acceptors (Lipinski definition) is 4. The van der Waals surface area contributed by atoms with E-state index in [1.807, 2.05) is 52.0 Å². The van der Waals surface area contributed by atoms with Crippen LogP contribution in [0.4, 0.5) is 0 Å². The van der Waals surface area contributed by atoms with Crippen molar-refractivity contribution in [1.82, 2.24) is 10.6 Å². The summed E-state index contributed by atoms with van der Waals surface area (Å²) in [7, 11) is -0.445. The highest BCUT2D eigenvalue weighted by Crippen LogP contribution is 2.36. The topological polar surface area (TPSA) is 59.6 Å². The predicted octanol–water partition coefficient (Wildman–Crippen LogP) is 1.89. The van der Waals surface area contributed by atoms with Crippen LogP contribution in [0.3, 0.4) is 0 Å². The number of piperidine rings is 1. The fourth-order valence-electron chi connectivity index (χ4n) is 3.05. The molecule has 3 rings (SSSR count). The molecule has 1 atom stereocenters. The summed E-state index contributed by atoms with van der Waals surface area (Å²) in [5, 5.41) is 6.41. The van der Waals surface area contributed by atoms with Crippen LogP contribution in [0.2, 0.25) is 0 Å². The molecule has 0 bridgehead atoms. The molecule has 1 unspecified atom stereocenters. The van der Waals surface area contributed by atoms with E-state index < -0.39 is 7.12 Å². The number of nitrogens with one attached hydrogen (secondary N) is 2. The number of rotatable bonds is 3. The molecule has 138 valence electrons. The maximum Gasteiger partial charge on any atom is 0.494 e. The van der Waals surface area contributed by atoms with Crippen molar-refractivity contribution in [3.63, 3.8) is 0 Å². The van der Waals surface area contributed by atoms with Crippen LogP contribution in [0.25, 0.3) is 0 Å². The number of hydrogen-bond donors (Lipinski definition) is 2. The van der Waals surface area contributed by atoms with Crippen molar-refractivity contribution < 1.29 is 14.1 Å². The average Bonchev–Trinajstić information content (AvgIpc) is 2.76. The van der Waals surface area contributed by atoms with Crippen molar-refractivity contribution in [3.05, 3.63) is 29.8 Å². The first-order valence-electron chi connectivity index (χ1n) is 8.76. The van der Waals surface area contributed by atoms with E-state index in [4.69, 9.17) is 9.31 Å². The van der Waals surface area contributed by atoms with Crippen molar-refractivity contribution in [3.8, 4) is 0 Å². The molecule has 2 saturated heterocycles. The normalized spacial score (nSPS) is 24.5. The molecule has 1 aromatic carbocycles. The van der Waals surface area contributed by atoms with E-state index in [1.165, 1.54) is 0 Å². The number of amides is 1. The van der Waals surface area contributed by atoms with Crippen LogP contribution in [0, 0.1) is 0 Å². The van der Waals surface area contributed by atoms with Gasteiger partial charge in [-0.3, -0.25) is 4.79 Å². The molecule has 0 aliphatic carbocycles. The van der Waals surface area contributed by atoms with Crippen LogP contribution < -0.4 is 16.1 Å². The molecular formula is C18H28BClN2O3. The second kappa shape index (κ2) is 7.66. The van der Waals surface area contributed by atoms with Gasteiger partial charge in [0.2, 0.25) is 0 Å². The lowest BCUT2D eigenvalue weighted by molar-refractivity contribution is 0.00578. The Balaban J connectivity index is 0.00000225. The van der Waals surface area contributed by atoms with Crippen LogP contribution in [0.15, 0.2) is 24.3 Å². The molecule has 7 heteroatoms. The maximum atomic E-state index is 12.5. The Kier molecular flexibility index (Phi) is 6.20. The van der Waals surface area contributed by atoms with E-state index in [0.29, 0.717) is 5.56 Å². The predicted molar refractivity (Wildman–Crippen MR) is 103 cm³/mol. The highest BCUT2D eigenvalue weighted by atomic mass is 35.5. The molecule has 1 aromatic rings. The zero-order valence-corrected chi connectivity index (χ0v) is 16.2. The molecular weight excluding hydrogens is 338 g/mol. The number of carbonyl (C=O) groups is 1. The fraction of sp³-hybridized carbons (Fsp3) is 0.611. The molecule has 1 amide bonds. The minimum Gasteiger partial charge on any atom is -0.399 e. The van der Waals surface area contributed by atoms with Gasteiger partial charge in [0.15, 0.2) is 0 Å². The lowest BCUT2D eigenvalue weighted by atomic mass is 9.78.